The molecule has 0 fully saturated rings. The summed E-state index contributed by atoms with van der Waals surface area (Å²) in [6.07, 6.45) is 4.36. The minimum atomic E-state index is -1.03. The summed E-state index contributed by atoms with van der Waals surface area (Å²) < 4.78 is 1.58. The van der Waals surface area contributed by atoms with Gasteiger partial charge in [0.05, 0.1) is 0 Å². The van der Waals surface area contributed by atoms with Crippen LogP contribution in [0.5, 0.6) is 0 Å². The molecule has 1 aromatic rings. The van der Waals surface area contributed by atoms with Gasteiger partial charge in [-0.05, 0) is 18.4 Å². The number of carbonyl (C=O) groups excluding carboxylic acids is 1. The van der Waals surface area contributed by atoms with Crippen molar-refractivity contribution < 1.29 is 14.7 Å². The molecule has 1 atom stereocenters. The second-order valence-electron chi connectivity index (χ2n) is 4.16. The van der Waals surface area contributed by atoms with Gasteiger partial charge in [-0.2, -0.15) is 16.9 Å². The molecule has 0 saturated heterocycles. The third kappa shape index (κ3) is 5.91. The topological polar surface area (TPSA) is 109 Å². The molecule has 9 heteroatoms. The summed E-state index contributed by atoms with van der Waals surface area (Å²) >= 11 is 1.54. The molecule has 0 unspecified atom stereocenters. The zero-order valence-corrected chi connectivity index (χ0v) is 12.3. The first-order valence-corrected chi connectivity index (χ1v) is 7.53. The molecule has 8 nitrogen and oxygen atoms in total. The van der Waals surface area contributed by atoms with Crippen molar-refractivity contribution in [3.05, 3.63) is 12.2 Å². The average molecular weight is 301 g/mol. The Morgan fingerprint density at radius 1 is 1.55 bits per heavy atom. The third-order valence-electron chi connectivity index (χ3n) is 2.50. The Kier molecular flexibility index (Phi) is 6.85. The minimum Gasteiger partial charge on any atom is -0.480 e. The lowest BCUT2D eigenvalue weighted by Gasteiger charge is -2.14. The number of hydrogen-bond acceptors (Lipinski definition) is 5. The van der Waals surface area contributed by atoms with Crippen LogP contribution in [0.1, 0.15) is 12.2 Å². The number of aryl methyl sites for hydroxylation is 1. The van der Waals surface area contributed by atoms with Crippen LogP contribution in [0.2, 0.25) is 0 Å². The Morgan fingerprint density at radius 2 is 2.30 bits per heavy atom. The molecule has 0 bridgehead atoms. The fourth-order valence-electron chi connectivity index (χ4n) is 1.49. The number of aliphatic carboxylic acids is 1. The first-order chi connectivity index (χ1) is 9.52. The van der Waals surface area contributed by atoms with Crippen LogP contribution < -0.4 is 10.6 Å². The molecule has 0 radical (unpaired) electrons. The van der Waals surface area contributed by atoms with Crippen LogP contribution in [-0.2, 0) is 18.3 Å². The minimum absolute atomic E-state index is 0.352. The predicted octanol–water partition coefficient (Wildman–Crippen LogP) is -0.137. The van der Waals surface area contributed by atoms with E-state index >= 15 is 0 Å². The van der Waals surface area contributed by atoms with Crippen LogP contribution in [0.4, 0.5) is 4.79 Å². The molecule has 0 saturated carbocycles. The molecule has 1 heterocycles. The zero-order valence-electron chi connectivity index (χ0n) is 11.5. The summed E-state index contributed by atoms with van der Waals surface area (Å²) in [6.45, 7) is 0.352. The van der Waals surface area contributed by atoms with E-state index in [4.69, 9.17) is 5.11 Å². The van der Waals surface area contributed by atoms with E-state index in [1.807, 2.05) is 6.26 Å². The molecule has 0 aliphatic rings. The average Bonchev–Trinajstić information content (AvgIpc) is 2.80. The van der Waals surface area contributed by atoms with Gasteiger partial charge in [-0.3, -0.25) is 4.68 Å². The maximum Gasteiger partial charge on any atom is 0.326 e. The van der Waals surface area contributed by atoms with Gasteiger partial charge in [-0.1, -0.05) is 0 Å². The van der Waals surface area contributed by atoms with Crippen LogP contribution in [-0.4, -0.2) is 56.5 Å². The number of carboxylic acid groups (broad SMARTS) is 1. The van der Waals surface area contributed by atoms with E-state index in [1.54, 1.807) is 18.1 Å². The van der Waals surface area contributed by atoms with Crippen molar-refractivity contribution in [1.29, 1.82) is 0 Å². The van der Waals surface area contributed by atoms with Gasteiger partial charge in [-0.25, -0.2) is 14.6 Å². The number of hydrogen-bond donors (Lipinski definition) is 3. The smallest absolute Gasteiger partial charge is 0.326 e. The molecule has 112 valence electrons. The van der Waals surface area contributed by atoms with Crippen molar-refractivity contribution in [2.45, 2.75) is 18.9 Å². The second-order valence-corrected chi connectivity index (χ2v) is 5.14. The Hall–Kier alpha value is -1.77. The van der Waals surface area contributed by atoms with Crippen molar-refractivity contribution in [2.24, 2.45) is 7.05 Å². The van der Waals surface area contributed by atoms with Crippen LogP contribution in [0, 0.1) is 0 Å². The number of nitrogens with zero attached hydrogens (tertiary/aromatic N) is 3. The highest BCUT2D eigenvalue weighted by Crippen LogP contribution is 2.00. The van der Waals surface area contributed by atoms with Crippen molar-refractivity contribution in [3.8, 4) is 0 Å². The van der Waals surface area contributed by atoms with Crippen LogP contribution in [0.3, 0.4) is 0 Å². The summed E-state index contributed by atoms with van der Waals surface area (Å²) in [5, 5.41) is 18.1. The van der Waals surface area contributed by atoms with E-state index in [-0.39, 0.29) is 0 Å². The number of urea groups is 1. The van der Waals surface area contributed by atoms with Crippen LogP contribution in [0.25, 0.3) is 0 Å². The van der Waals surface area contributed by atoms with E-state index in [0.717, 1.165) is 0 Å². The second kappa shape index (κ2) is 8.41. The van der Waals surface area contributed by atoms with Crippen molar-refractivity contribution in [3.63, 3.8) is 0 Å². The Balaban J connectivity index is 2.28. The molecule has 0 aliphatic carbocycles. The fraction of sp³-hybridized carbons (Fsp3) is 0.636. The highest BCUT2D eigenvalue weighted by atomic mass is 32.2. The molecule has 0 aromatic carbocycles. The summed E-state index contributed by atoms with van der Waals surface area (Å²) in [6, 6.07) is -1.36. The molecule has 2 amide bonds. The Labute approximate surface area is 121 Å². The number of carboxylic acids is 1. The quantitative estimate of drug-likeness (QED) is 0.617. The summed E-state index contributed by atoms with van der Waals surface area (Å²) in [5.41, 5.74) is 0. The van der Waals surface area contributed by atoms with Gasteiger partial charge in [0.1, 0.15) is 12.4 Å². The normalized spacial score (nSPS) is 11.9. The number of carbonyl (C=O) groups is 2. The summed E-state index contributed by atoms with van der Waals surface area (Å²) in [7, 11) is 1.76. The number of rotatable bonds is 8. The van der Waals surface area contributed by atoms with E-state index in [1.165, 1.54) is 11.8 Å². The molecule has 1 rings (SSSR count). The summed E-state index contributed by atoms with van der Waals surface area (Å²) in [5.74, 6) is 0.278. The predicted molar refractivity (Wildman–Crippen MR) is 75.7 cm³/mol. The SMILES string of the molecule is CSCC[C@@H](NC(=O)NCCc1ncn(C)n1)C(=O)O. The fourth-order valence-corrected chi connectivity index (χ4v) is 1.96. The van der Waals surface area contributed by atoms with E-state index in [2.05, 4.69) is 20.7 Å². The van der Waals surface area contributed by atoms with E-state index in [9.17, 15) is 9.59 Å². The van der Waals surface area contributed by atoms with Crippen molar-refractivity contribution in [1.82, 2.24) is 25.4 Å². The molecule has 20 heavy (non-hydrogen) atoms. The number of nitrogens with one attached hydrogen (secondary N) is 2. The number of aromatic nitrogens is 3. The van der Waals surface area contributed by atoms with Gasteiger partial charge in [0.25, 0.3) is 0 Å². The molecule has 0 spiro atoms. The highest BCUT2D eigenvalue weighted by molar-refractivity contribution is 7.98. The maximum absolute atomic E-state index is 11.6. The lowest BCUT2D eigenvalue weighted by Crippen LogP contribution is -2.46. The van der Waals surface area contributed by atoms with Crippen LogP contribution >= 0.6 is 11.8 Å². The van der Waals surface area contributed by atoms with Gasteiger partial charge in [-0.15, -0.1) is 0 Å². The largest absolute Gasteiger partial charge is 0.480 e. The Bertz CT molecular complexity index is 451. The first-order valence-electron chi connectivity index (χ1n) is 6.13. The highest BCUT2D eigenvalue weighted by Gasteiger charge is 2.18. The Morgan fingerprint density at radius 3 is 2.85 bits per heavy atom. The van der Waals surface area contributed by atoms with Gasteiger partial charge in [0, 0.05) is 20.0 Å². The van der Waals surface area contributed by atoms with Crippen molar-refractivity contribution >= 4 is 23.8 Å². The molecular formula is C11H19N5O3S. The standard InChI is InChI=1S/C11H19N5O3S/c1-16-7-13-9(15-16)3-5-12-11(19)14-8(10(17)18)4-6-20-2/h7-8H,3-6H2,1-2H3,(H,17,18)(H2,12,14,19)/t8-/m1/s1. The number of amides is 2. The lowest BCUT2D eigenvalue weighted by atomic mass is 10.2. The molecular weight excluding hydrogens is 282 g/mol. The van der Waals surface area contributed by atoms with E-state index < -0.39 is 18.0 Å². The molecule has 1 aromatic heterocycles. The van der Waals surface area contributed by atoms with Crippen LogP contribution in [0.15, 0.2) is 6.33 Å². The van der Waals surface area contributed by atoms with Crippen molar-refractivity contribution in [2.75, 3.05) is 18.6 Å². The molecule has 0 aliphatic heterocycles. The third-order valence-corrected chi connectivity index (χ3v) is 3.14. The van der Waals surface area contributed by atoms with E-state index in [0.29, 0.717) is 31.0 Å². The number of thioether (sulfide) groups is 1. The zero-order chi connectivity index (χ0) is 15.0. The maximum atomic E-state index is 11.6. The summed E-state index contributed by atoms with van der Waals surface area (Å²) in [4.78, 5) is 26.6. The van der Waals surface area contributed by atoms with Gasteiger partial charge < -0.3 is 15.7 Å². The lowest BCUT2D eigenvalue weighted by molar-refractivity contribution is -0.139. The van der Waals surface area contributed by atoms with Gasteiger partial charge in [0.2, 0.25) is 0 Å². The monoisotopic (exact) mass is 301 g/mol. The van der Waals surface area contributed by atoms with Gasteiger partial charge in [0.15, 0.2) is 5.82 Å². The first kappa shape index (κ1) is 16.3. The van der Waals surface area contributed by atoms with Gasteiger partial charge >= 0.3 is 12.0 Å². The molecule has 3 N–H and O–H groups in total.